The highest BCUT2D eigenvalue weighted by Crippen LogP contribution is 2.34. The van der Waals surface area contributed by atoms with Crippen molar-refractivity contribution in [1.82, 2.24) is 4.31 Å². The molecule has 0 aliphatic carbocycles. The number of carbonyl (C=O) groups is 1. The molecule has 0 spiro atoms. The van der Waals surface area contributed by atoms with Crippen LogP contribution in [0.4, 0.5) is 0 Å². The summed E-state index contributed by atoms with van der Waals surface area (Å²) in [7, 11) is -3.78. The van der Waals surface area contributed by atoms with E-state index in [-0.39, 0.29) is 33.9 Å². The van der Waals surface area contributed by atoms with Gasteiger partial charge in [0.05, 0.1) is 16.0 Å². The largest absolute Gasteiger partial charge is 0.369 e. The second-order valence-corrected chi connectivity index (χ2v) is 7.55. The van der Waals surface area contributed by atoms with Gasteiger partial charge in [0, 0.05) is 13.1 Å². The molecular weight excluding hydrogens is 323 g/mol. The Morgan fingerprint density at radius 1 is 1.35 bits per heavy atom. The standard InChI is InChI=1S/C12H14Cl2N2O3S/c1-7-5-16(6-8(7)12(15)17)20(18,19)10-4-2-3-9(13)11(10)14/h2-4,7-8H,5-6H2,1H3,(H2,15,17)/t7-,8-/m1/s1. The lowest BCUT2D eigenvalue weighted by Crippen LogP contribution is -2.32. The van der Waals surface area contributed by atoms with E-state index in [9.17, 15) is 13.2 Å². The minimum atomic E-state index is -3.78. The van der Waals surface area contributed by atoms with Crippen LogP contribution in [0.15, 0.2) is 23.1 Å². The number of primary amides is 1. The van der Waals surface area contributed by atoms with E-state index in [1.165, 1.54) is 22.5 Å². The smallest absolute Gasteiger partial charge is 0.244 e. The molecule has 1 amide bonds. The number of nitrogens with zero attached hydrogens (tertiary/aromatic N) is 1. The van der Waals surface area contributed by atoms with E-state index in [0.717, 1.165) is 0 Å². The fraction of sp³-hybridized carbons (Fsp3) is 0.417. The highest BCUT2D eigenvalue weighted by molar-refractivity contribution is 7.89. The van der Waals surface area contributed by atoms with Crippen molar-refractivity contribution in [3.63, 3.8) is 0 Å². The van der Waals surface area contributed by atoms with Crippen LogP contribution in [-0.4, -0.2) is 31.7 Å². The van der Waals surface area contributed by atoms with Gasteiger partial charge < -0.3 is 5.73 Å². The third-order valence-corrected chi connectivity index (χ3v) is 6.28. The maximum atomic E-state index is 12.6. The summed E-state index contributed by atoms with van der Waals surface area (Å²) in [6, 6.07) is 4.43. The topological polar surface area (TPSA) is 80.5 Å². The van der Waals surface area contributed by atoms with Crippen molar-refractivity contribution in [2.24, 2.45) is 17.6 Å². The third kappa shape index (κ3) is 2.65. The van der Waals surface area contributed by atoms with Crippen LogP contribution in [0, 0.1) is 11.8 Å². The van der Waals surface area contributed by atoms with Gasteiger partial charge >= 0.3 is 0 Å². The van der Waals surface area contributed by atoms with Gasteiger partial charge in [-0.2, -0.15) is 4.31 Å². The molecule has 1 aromatic rings. The van der Waals surface area contributed by atoms with Crippen LogP contribution in [0.25, 0.3) is 0 Å². The van der Waals surface area contributed by atoms with Gasteiger partial charge in [-0.25, -0.2) is 8.42 Å². The van der Waals surface area contributed by atoms with Crippen molar-refractivity contribution < 1.29 is 13.2 Å². The van der Waals surface area contributed by atoms with Gasteiger partial charge in [0.1, 0.15) is 4.90 Å². The van der Waals surface area contributed by atoms with Crippen LogP contribution < -0.4 is 5.73 Å². The van der Waals surface area contributed by atoms with Gasteiger partial charge in [-0.3, -0.25) is 4.79 Å². The molecule has 1 saturated heterocycles. The summed E-state index contributed by atoms with van der Waals surface area (Å²) < 4.78 is 26.3. The lowest BCUT2D eigenvalue weighted by atomic mass is 9.98. The van der Waals surface area contributed by atoms with Gasteiger partial charge in [-0.1, -0.05) is 36.2 Å². The Balaban J connectivity index is 2.38. The molecule has 5 nitrogen and oxygen atoms in total. The molecule has 2 rings (SSSR count). The summed E-state index contributed by atoms with van der Waals surface area (Å²) in [5.41, 5.74) is 5.28. The average molecular weight is 337 g/mol. The number of halogens is 2. The van der Waals surface area contributed by atoms with Crippen molar-refractivity contribution in [3.8, 4) is 0 Å². The predicted molar refractivity (Wildman–Crippen MR) is 77.1 cm³/mol. The van der Waals surface area contributed by atoms with Crippen LogP contribution in [0.2, 0.25) is 10.0 Å². The van der Waals surface area contributed by atoms with Crippen molar-refractivity contribution in [2.75, 3.05) is 13.1 Å². The number of nitrogens with two attached hydrogens (primary N) is 1. The fourth-order valence-electron chi connectivity index (χ4n) is 2.31. The highest BCUT2D eigenvalue weighted by Gasteiger charge is 2.40. The minimum absolute atomic E-state index is 0.00987. The van der Waals surface area contributed by atoms with E-state index in [0.29, 0.717) is 0 Å². The van der Waals surface area contributed by atoms with Crippen molar-refractivity contribution in [1.29, 1.82) is 0 Å². The number of sulfonamides is 1. The number of hydrogen-bond acceptors (Lipinski definition) is 3. The fourth-order valence-corrected chi connectivity index (χ4v) is 4.61. The molecule has 0 radical (unpaired) electrons. The van der Waals surface area contributed by atoms with Crippen molar-refractivity contribution in [2.45, 2.75) is 11.8 Å². The zero-order chi connectivity index (χ0) is 15.1. The molecule has 20 heavy (non-hydrogen) atoms. The van der Waals surface area contributed by atoms with E-state index >= 15 is 0 Å². The van der Waals surface area contributed by atoms with Crippen LogP contribution in [0.5, 0.6) is 0 Å². The SMILES string of the molecule is C[C@@H]1CN(S(=O)(=O)c2cccc(Cl)c2Cl)C[C@H]1C(N)=O. The first kappa shape index (κ1) is 15.6. The van der Waals surface area contributed by atoms with E-state index in [1.807, 2.05) is 0 Å². The summed E-state index contributed by atoms with van der Waals surface area (Å²) in [5.74, 6) is -1.10. The molecule has 0 saturated carbocycles. The van der Waals surface area contributed by atoms with Crippen LogP contribution in [-0.2, 0) is 14.8 Å². The Labute approximate surface area is 127 Å². The minimum Gasteiger partial charge on any atom is -0.369 e. The zero-order valence-electron chi connectivity index (χ0n) is 10.7. The summed E-state index contributed by atoms with van der Waals surface area (Å²) >= 11 is 11.8. The first-order valence-corrected chi connectivity index (χ1v) is 8.18. The maximum Gasteiger partial charge on any atom is 0.244 e. The van der Waals surface area contributed by atoms with Gasteiger partial charge in [0.25, 0.3) is 0 Å². The van der Waals surface area contributed by atoms with E-state index < -0.39 is 21.8 Å². The molecule has 110 valence electrons. The number of hydrogen-bond donors (Lipinski definition) is 1. The van der Waals surface area contributed by atoms with Gasteiger partial charge in [-0.15, -0.1) is 0 Å². The molecule has 1 aromatic carbocycles. The normalized spacial score (nSPS) is 23.9. The van der Waals surface area contributed by atoms with Gasteiger partial charge in [-0.05, 0) is 18.1 Å². The Hall–Kier alpha value is -0.820. The molecule has 2 N–H and O–H groups in total. The van der Waals surface area contributed by atoms with E-state index in [4.69, 9.17) is 28.9 Å². The van der Waals surface area contributed by atoms with Crippen LogP contribution in [0.1, 0.15) is 6.92 Å². The Bertz CT molecular complexity index is 648. The molecule has 1 heterocycles. The Kier molecular flexibility index (Phi) is 4.30. The molecule has 8 heteroatoms. The Morgan fingerprint density at radius 2 is 2.00 bits per heavy atom. The van der Waals surface area contributed by atoms with Crippen LogP contribution >= 0.6 is 23.2 Å². The highest BCUT2D eigenvalue weighted by atomic mass is 35.5. The van der Waals surface area contributed by atoms with Crippen molar-refractivity contribution in [3.05, 3.63) is 28.2 Å². The van der Waals surface area contributed by atoms with Crippen molar-refractivity contribution >= 4 is 39.1 Å². The second-order valence-electron chi connectivity index (χ2n) is 4.86. The molecule has 2 atom stereocenters. The second kappa shape index (κ2) is 5.52. The molecule has 0 bridgehead atoms. The summed E-state index contributed by atoms with van der Waals surface area (Å²) in [6.45, 7) is 2.10. The molecule has 1 aliphatic heterocycles. The van der Waals surface area contributed by atoms with Crippen LogP contribution in [0.3, 0.4) is 0 Å². The third-order valence-electron chi connectivity index (χ3n) is 3.48. The first-order valence-electron chi connectivity index (χ1n) is 5.98. The predicted octanol–water partition coefficient (Wildman–Crippen LogP) is 1.74. The van der Waals surface area contributed by atoms with E-state index in [1.54, 1.807) is 6.92 Å². The molecule has 1 aliphatic rings. The quantitative estimate of drug-likeness (QED) is 0.912. The Morgan fingerprint density at radius 3 is 2.55 bits per heavy atom. The van der Waals surface area contributed by atoms with Gasteiger partial charge in [0.2, 0.25) is 15.9 Å². The molecular formula is C12H14Cl2N2O3S. The monoisotopic (exact) mass is 336 g/mol. The lowest BCUT2D eigenvalue weighted by molar-refractivity contribution is -0.122. The van der Waals surface area contributed by atoms with Gasteiger partial charge in [0.15, 0.2) is 0 Å². The molecule has 0 unspecified atom stereocenters. The summed E-state index contributed by atoms with van der Waals surface area (Å²) in [5, 5.41) is 0.163. The first-order chi connectivity index (χ1) is 9.25. The number of benzene rings is 1. The lowest BCUT2D eigenvalue weighted by Gasteiger charge is -2.17. The maximum absolute atomic E-state index is 12.6. The molecule has 0 aromatic heterocycles. The average Bonchev–Trinajstić information content (AvgIpc) is 2.75. The number of rotatable bonds is 3. The summed E-state index contributed by atoms with van der Waals surface area (Å²) in [4.78, 5) is 11.2. The molecule has 1 fully saturated rings. The van der Waals surface area contributed by atoms with E-state index in [2.05, 4.69) is 0 Å². The number of amides is 1. The zero-order valence-corrected chi connectivity index (χ0v) is 13.0. The number of carbonyl (C=O) groups excluding carboxylic acids is 1. The summed E-state index contributed by atoms with van der Waals surface area (Å²) in [6.07, 6.45) is 0.